The highest BCUT2D eigenvalue weighted by atomic mass is 16.2. The number of unbranched alkanes of at least 4 members (excludes halogenated alkanes) is 6. The van der Waals surface area contributed by atoms with Gasteiger partial charge in [0.25, 0.3) is 0 Å². The molecule has 0 atom stereocenters. The van der Waals surface area contributed by atoms with Crippen molar-refractivity contribution in [3.8, 4) is 0 Å². The Morgan fingerprint density at radius 1 is 0.621 bits per heavy atom. The molecule has 168 valence electrons. The second kappa shape index (κ2) is 12.3. The van der Waals surface area contributed by atoms with Crippen molar-refractivity contribution in [2.24, 2.45) is 17.4 Å². The molecule has 0 spiro atoms. The Morgan fingerprint density at radius 2 is 1.07 bits per heavy atom. The number of nitrogens with two attached hydrogens (primary N) is 2. The van der Waals surface area contributed by atoms with Crippen LogP contribution in [0.4, 0.5) is 0 Å². The minimum absolute atomic E-state index is 0.340. The van der Waals surface area contributed by atoms with Crippen LogP contribution in [0.5, 0.6) is 0 Å². The Morgan fingerprint density at radius 3 is 1.55 bits per heavy atom. The summed E-state index contributed by atoms with van der Waals surface area (Å²) in [5.41, 5.74) is 12.2. The predicted molar refractivity (Wildman–Crippen MR) is 122 cm³/mol. The van der Waals surface area contributed by atoms with Crippen molar-refractivity contribution in [3.05, 3.63) is 0 Å². The van der Waals surface area contributed by atoms with Gasteiger partial charge in [0, 0.05) is 30.6 Å². The number of hydrogen-bond acceptors (Lipinski definition) is 3. The second-order valence-corrected chi connectivity index (χ2v) is 10.4. The summed E-state index contributed by atoms with van der Waals surface area (Å²) in [6.07, 6.45) is 23.0. The summed E-state index contributed by atoms with van der Waals surface area (Å²) in [5, 5.41) is 0. The van der Waals surface area contributed by atoms with Crippen LogP contribution in [0.3, 0.4) is 0 Å². The normalized spacial score (nSPS) is 30.3. The van der Waals surface area contributed by atoms with Crippen LogP contribution >= 0.6 is 0 Å². The molecular formula is C25H47N3O. The van der Waals surface area contributed by atoms with Crippen LogP contribution in [-0.2, 0) is 4.79 Å². The molecule has 29 heavy (non-hydrogen) atoms. The first kappa shape index (κ1) is 23.1. The van der Waals surface area contributed by atoms with Crippen molar-refractivity contribution < 1.29 is 4.79 Å². The van der Waals surface area contributed by atoms with Gasteiger partial charge in [-0.2, -0.15) is 0 Å². The lowest BCUT2D eigenvalue weighted by atomic mass is 9.85. The summed E-state index contributed by atoms with van der Waals surface area (Å²) in [4.78, 5) is 15.5. The molecule has 0 heterocycles. The molecule has 0 aromatic rings. The lowest BCUT2D eigenvalue weighted by Gasteiger charge is -2.43. The molecule has 3 saturated carbocycles. The molecule has 0 saturated heterocycles. The highest BCUT2D eigenvalue weighted by Gasteiger charge is 2.34. The Labute approximate surface area is 179 Å². The van der Waals surface area contributed by atoms with E-state index in [2.05, 4.69) is 4.90 Å². The van der Waals surface area contributed by atoms with Crippen LogP contribution in [0.25, 0.3) is 0 Å². The summed E-state index contributed by atoms with van der Waals surface area (Å²) in [7, 11) is 0. The van der Waals surface area contributed by atoms with E-state index < -0.39 is 0 Å². The van der Waals surface area contributed by atoms with Gasteiger partial charge in [-0.1, -0.05) is 57.8 Å². The highest BCUT2D eigenvalue weighted by Crippen LogP contribution is 2.34. The van der Waals surface area contributed by atoms with Crippen LogP contribution in [0.15, 0.2) is 0 Å². The molecule has 0 aromatic carbocycles. The molecule has 0 aliphatic heterocycles. The Kier molecular flexibility index (Phi) is 9.78. The first-order valence-corrected chi connectivity index (χ1v) is 13.0. The van der Waals surface area contributed by atoms with Crippen LogP contribution in [-0.4, -0.2) is 35.0 Å². The Bertz CT molecular complexity index is 441. The lowest BCUT2D eigenvalue weighted by molar-refractivity contribution is -0.138. The van der Waals surface area contributed by atoms with E-state index in [4.69, 9.17) is 11.5 Å². The maximum atomic E-state index is 13.2. The predicted octanol–water partition coefficient (Wildman–Crippen LogP) is 5.28. The molecule has 1 amide bonds. The van der Waals surface area contributed by atoms with E-state index in [0.717, 1.165) is 70.1 Å². The van der Waals surface area contributed by atoms with Crippen molar-refractivity contribution in [2.45, 2.75) is 146 Å². The van der Waals surface area contributed by atoms with Gasteiger partial charge in [0.05, 0.1) is 0 Å². The SMILES string of the molecule is NC1CCC(N(C(=O)CCCCCCCCCC2CC2)C2CCC(N)CC2)CC1. The molecule has 3 aliphatic rings. The first-order chi connectivity index (χ1) is 14.1. The van der Waals surface area contributed by atoms with Crippen molar-refractivity contribution in [3.63, 3.8) is 0 Å². The average Bonchev–Trinajstić information content (AvgIpc) is 3.54. The Balaban J connectivity index is 1.34. The zero-order valence-electron chi connectivity index (χ0n) is 18.8. The van der Waals surface area contributed by atoms with Crippen molar-refractivity contribution >= 4 is 5.91 Å². The summed E-state index contributed by atoms with van der Waals surface area (Å²) in [6, 6.07) is 1.53. The molecule has 4 nitrogen and oxygen atoms in total. The van der Waals surface area contributed by atoms with Crippen molar-refractivity contribution in [1.29, 1.82) is 0 Å². The molecule has 0 radical (unpaired) electrons. The standard InChI is InChI=1S/C25H47N3O/c26-21-12-16-23(17-13-21)28(24-18-14-22(27)15-19-24)25(29)9-7-5-3-1-2-4-6-8-20-10-11-20/h20-24H,1-19,26-27H2. The Hall–Kier alpha value is -0.610. The summed E-state index contributed by atoms with van der Waals surface area (Å²) in [6.45, 7) is 0. The first-order valence-electron chi connectivity index (χ1n) is 13.0. The molecule has 3 fully saturated rings. The maximum absolute atomic E-state index is 13.2. The quantitative estimate of drug-likeness (QED) is 0.434. The summed E-state index contributed by atoms with van der Waals surface area (Å²) in [5.74, 6) is 1.50. The number of hydrogen-bond donors (Lipinski definition) is 2. The maximum Gasteiger partial charge on any atom is 0.223 e. The number of rotatable bonds is 12. The van der Waals surface area contributed by atoms with E-state index in [-0.39, 0.29) is 0 Å². The minimum Gasteiger partial charge on any atom is -0.337 e. The van der Waals surface area contributed by atoms with E-state index in [1.807, 2.05) is 0 Å². The zero-order chi connectivity index (χ0) is 20.5. The van der Waals surface area contributed by atoms with Crippen LogP contribution in [0.1, 0.15) is 122 Å². The molecule has 3 rings (SSSR count). The van der Waals surface area contributed by atoms with Gasteiger partial charge >= 0.3 is 0 Å². The summed E-state index contributed by atoms with van der Waals surface area (Å²) < 4.78 is 0. The van der Waals surface area contributed by atoms with Crippen LogP contribution in [0, 0.1) is 5.92 Å². The largest absolute Gasteiger partial charge is 0.337 e. The van der Waals surface area contributed by atoms with Gasteiger partial charge < -0.3 is 16.4 Å². The third-order valence-corrected chi connectivity index (χ3v) is 7.76. The minimum atomic E-state index is 0.340. The van der Waals surface area contributed by atoms with E-state index in [9.17, 15) is 4.79 Å². The fraction of sp³-hybridized carbons (Fsp3) is 0.960. The van der Waals surface area contributed by atoms with Crippen LogP contribution in [0.2, 0.25) is 0 Å². The van der Waals surface area contributed by atoms with E-state index in [0.29, 0.717) is 30.1 Å². The van der Waals surface area contributed by atoms with Crippen molar-refractivity contribution in [2.75, 3.05) is 0 Å². The second-order valence-electron chi connectivity index (χ2n) is 10.4. The molecule has 0 unspecified atom stereocenters. The monoisotopic (exact) mass is 405 g/mol. The van der Waals surface area contributed by atoms with Gasteiger partial charge in [-0.25, -0.2) is 0 Å². The van der Waals surface area contributed by atoms with Crippen LogP contribution < -0.4 is 11.5 Å². The molecule has 4 heteroatoms. The van der Waals surface area contributed by atoms with Gasteiger partial charge in [-0.3, -0.25) is 4.79 Å². The van der Waals surface area contributed by atoms with Gasteiger partial charge in [0.15, 0.2) is 0 Å². The summed E-state index contributed by atoms with van der Waals surface area (Å²) >= 11 is 0. The fourth-order valence-corrected chi connectivity index (χ4v) is 5.59. The average molecular weight is 406 g/mol. The van der Waals surface area contributed by atoms with E-state index in [1.165, 1.54) is 57.8 Å². The molecular weight excluding hydrogens is 358 g/mol. The smallest absolute Gasteiger partial charge is 0.223 e. The van der Waals surface area contributed by atoms with Gasteiger partial charge in [-0.15, -0.1) is 0 Å². The molecule has 0 aromatic heterocycles. The lowest BCUT2D eigenvalue weighted by Crippen LogP contribution is -2.51. The van der Waals surface area contributed by atoms with Gasteiger partial charge in [-0.05, 0) is 63.7 Å². The third kappa shape index (κ3) is 8.20. The number of nitrogens with zero attached hydrogens (tertiary/aromatic N) is 1. The fourth-order valence-electron chi connectivity index (χ4n) is 5.59. The van der Waals surface area contributed by atoms with E-state index >= 15 is 0 Å². The number of amides is 1. The van der Waals surface area contributed by atoms with Gasteiger partial charge in [0.1, 0.15) is 0 Å². The van der Waals surface area contributed by atoms with Crippen molar-refractivity contribution in [1.82, 2.24) is 4.90 Å². The van der Waals surface area contributed by atoms with Gasteiger partial charge in [0.2, 0.25) is 5.91 Å². The molecule has 0 bridgehead atoms. The number of carbonyl (C=O) groups is 1. The molecule has 3 aliphatic carbocycles. The van der Waals surface area contributed by atoms with E-state index in [1.54, 1.807) is 0 Å². The zero-order valence-corrected chi connectivity index (χ0v) is 18.8. The molecule has 4 N–H and O–H groups in total. The topological polar surface area (TPSA) is 72.3 Å². The highest BCUT2D eigenvalue weighted by molar-refractivity contribution is 5.77. The number of carbonyl (C=O) groups excluding carboxylic acids is 1. The third-order valence-electron chi connectivity index (χ3n) is 7.76.